The number of imidazole rings is 1. The summed E-state index contributed by atoms with van der Waals surface area (Å²) < 4.78 is 20.8. The van der Waals surface area contributed by atoms with Crippen molar-refractivity contribution in [2.75, 3.05) is 12.3 Å². The Kier molecular flexibility index (Phi) is 4.04. The Morgan fingerprint density at radius 1 is 1.37 bits per heavy atom. The minimum Gasteiger partial charge on any atom is -0.491 e. The Morgan fingerprint density at radius 3 is 2.84 bits per heavy atom. The molecule has 4 nitrogen and oxygen atoms in total. The average Bonchev–Trinajstić information content (AvgIpc) is 2.81. The molecule has 1 aromatic heterocycles. The molecule has 0 atom stereocenters. The molecule has 5 heteroatoms. The van der Waals surface area contributed by atoms with Gasteiger partial charge in [-0.3, -0.25) is 0 Å². The number of aromatic nitrogens is 2. The molecule has 0 aliphatic heterocycles. The molecule has 1 aromatic carbocycles. The highest BCUT2D eigenvalue weighted by molar-refractivity contribution is 5.61. The van der Waals surface area contributed by atoms with Crippen LogP contribution in [0.15, 0.2) is 24.5 Å². The molecule has 0 saturated carbocycles. The lowest BCUT2D eigenvalue weighted by Gasteiger charge is -2.13. The van der Waals surface area contributed by atoms with Crippen LogP contribution in [0, 0.1) is 5.82 Å². The number of aryl methyl sites for hydroxylation is 1. The minimum absolute atomic E-state index is 0.211. The van der Waals surface area contributed by atoms with E-state index in [4.69, 9.17) is 10.5 Å². The third kappa shape index (κ3) is 2.70. The van der Waals surface area contributed by atoms with E-state index >= 15 is 0 Å². The lowest BCUT2D eigenvalue weighted by atomic mass is 10.2. The van der Waals surface area contributed by atoms with Gasteiger partial charge in [0.1, 0.15) is 5.82 Å². The Balaban J connectivity index is 2.48. The van der Waals surface area contributed by atoms with Crippen molar-refractivity contribution < 1.29 is 9.13 Å². The summed E-state index contributed by atoms with van der Waals surface area (Å²) in [6, 6.07) is 2.91. The summed E-state index contributed by atoms with van der Waals surface area (Å²) in [5.74, 6) is 0.673. The number of rotatable bonds is 5. The van der Waals surface area contributed by atoms with Crippen LogP contribution in [0.3, 0.4) is 0 Å². The van der Waals surface area contributed by atoms with E-state index in [1.54, 1.807) is 12.3 Å². The predicted octanol–water partition coefficient (Wildman–Crippen LogP) is 2.94. The summed E-state index contributed by atoms with van der Waals surface area (Å²) in [6.45, 7) is 4.31. The van der Waals surface area contributed by atoms with Crippen molar-refractivity contribution in [1.29, 1.82) is 0 Å². The minimum atomic E-state index is -0.444. The van der Waals surface area contributed by atoms with Crippen molar-refractivity contribution in [2.24, 2.45) is 0 Å². The van der Waals surface area contributed by atoms with Crippen LogP contribution in [0.25, 0.3) is 5.69 Å². The van der Waals surface area contributed by atoms with Gasteiger partial charge in [-0.25, -0.2) is 9.37 Å². The lowest BCUT2D eigenvalue weighted by molar-refractivity contribution is 0.321. The van der Waals surface area contributed by atoms with Crippen LogP contribution >= 0.6 is 0 Å². The molecular formula is C14H18FN3O. The topological polar surface area (TPSA) is 53.1 Å². The molecule has 2 rings (SSSR count). The second kappa shape index (κ2) is 5.73. The van der Waals surface area contributed by atoms with Crippen LogP contribution in [0.2, 0.25) is 0 Å². The number of halogens is 1. The fraction of sp³-hybridized carbons (Fsp3) is 0.357. The molecule has 102 valence electrons. The van der Waals surface area contributed by atoms with E-state index in [-0.39, 0.29) is 5.75 Å². The summed E-state index contributed by atoms with van der Waals surface area (Å²) in [4.78, 5) is 4.29. The SMILES string of the molecule is CCCc1nccn1-c1cc(OCC)c(F)cc1N. The van der Waals surface area contributed by atoms with Gasteiger partial charge in [-0.15, -0.1) is 0 Å². The quantitative estimate of drug-likeness (QED) is 0.844. The third-order valence-corrected chi connectivity index (χ3v) is 2.83. The van der Waals surface area contributed by atoms with Gasteiger partial charge in [0.2, 0.25) is 0 Å². The monoisotopic (exact) mass is 263 g/mol. The zero-order chi connectivity index (χ0) is 13.8. The Hall–Kier alpha value is -2.04. The largest absolute Gasteiger partial charge is 0.491 e. The molecule has 2 aromatic rings. The Labute approximate surface area is 112 Å². The Morgan fingerprint density at radius 2 is 2.16 bits per heavy atom. The first-order valence-electron chi connectivity index (χ1n) is 6.41. The maximum atomic E-state index is 13.7. The van der Waals surface area contributed by atoms with Crippen molar-refractivity contribution in [3.63, 3.8) is 0 Å². The summed E-state index contributed by atoms with van der Waals surface area (Å²) in [7, 11) is 0. The van der Waals surface area contributed by atoms with E-state index in [0.29, 0.717) is 18.0 Å². The molecule has 1 heterocycles. The molecule has 0 amide bonds. The Bertz CT molecular complexity index is 566. The molecular weight excluding hydrogens is 245 g/mol. The average molecular weight is 263 g/mol. The molecule has 0 radical (unpaired) electrons. The molecule has 0 saturated heterocycles. The highest BCUT2D eigenvalue weighted by Crippen LogP contribution is 2.28. The van der Waals surface area contributed by atoms with Crippen molar-refractivity contribution >= 4 is 5.69 Å². The number of hydrogen-bond acceptors (Lipinski definition) is 3. The number of hydrogen-bond donors (Lipinski definition) is 1. The van der Waals surface area contributed by atoms with Crippen LogP contribution in [0.1, 0.15) is 26.1 Å². The fourth-order valence-electron chi connectivity index (χ4n) is 2.00. The molecule has 0 aliphatic carbocycles. The number of nitrogen functional groups attached to an aromatic ring is 1. The molecule has 0 spiro atoms. The first-order valence-corrected chi connectivity index (χ1v) is 6.41. The van der Waals surface area contributed by atoms with E-state index in [2.05, 4.69) is 11.9 Å². The first-order chi connectivity index (χ1) is 9.17. The van der Waals surface area contributed by atoms with E-state index in [0.717, 1.165) is 18.7 Å². The summed E-state index contributed by atoms with van der Waals surface area (Å²) in [6.07, 6.45) is 5.36. The highest BCUT2D eigenvalue weighted by Gasteiger charge is 2.12. The summed E-state index contributed by atoms with van der Waals surface area (Å²) in [5.41, 5.74) is 6.97. The van der Waals surface area contributed by atoms with Crippen molar-refractivity contribution in [1.82, 2.24) is 9.55 Å². The maximum Gasteiger partial charge on any atom is 0.167 e. The van der Waals surface area contributed by atoms with Crippen LogP contribution in [0.4, 0.5) is 10.1 Å². The lowest BCUT2D eigenvalue weighted by Crippen LogP contribution is -2.06. The first kappa shape index (κ1) is 13.4. The van der Waals surface area contributed by atoms with E-state index in [1.165, 1.54) is 6.07 Å². The molecule has 0 unspecified atom stereocenters. The van der Waals surface area contributed by atoms with Gasteiger partial charge in [0.25, 0.3) is 0 Å². The van der Waals surface area contributed by atoms with Crippen LogP contribution < -0.4 is 10.5 Å². The maximum absolute atomic E-state index is 13.7. The van der Waals surface area contributed by atoms with Crippen molar-refractivity contribution in [3.05, 3.63) is 36.2 Å². The number of nitrogens with zero attached hydrogens (tertiary/aromatic N) is 2. The van der Waals surface area contributed by atoms with Gasteiger partial charge < -0.3 is 15.0 Å². The third-order valence-electron chi connectivity index (χ3n) is 2.83. The predicted molar refractivity (Wildman–Crippen MR) is 73.1 cm³/mol. The van der Waals surface area contributed by atoms with Gasteiger partial charge in [-0.2, -0.15) is 0 Å². The molecule has 0 bridgehead atoms. The summed E-state index contributed by atoms with van der Waals surface area (Å²) >= 11 is 0. The number of benzene rings is 1. The zero-order valence-corrected chi connectivity index (χ0v) is 11.2. The number of ether oxygens (including phenoxy) is 1. The van der Waals surface area contributed by atoms with E-state index < -0.39 is 5.82 Å². The molecule has 2 N–H and O–H groups in total. The number of nitrogens with two attached hydrogens (primary N) is 1. The number of anilines is 1. The van der Waals surface area contributed by atoms with Crippen LogP contribution in [-0.2, 0) is 6.42 Å². The molecule has 0 aliphatic rings. The van der Waals surface area contributed by atoms with E-state index in [1.807, 2.05) is 17.7 Å². The standard InChI is InChI=1S/C14H18FN3O/c1-3-5-14-17-6-7-18(14)12-9-13(19-4-2)10(15)8-11(12)16/h6-9H,3-5,16H2,1-2H3. The van der Waals surface area contributed by atoms with E-state index in [9.17, 15) is 4.39 Å². The van der Waals surface area contributed by atoms with Gasteiger partial charge in [0, 0.05) is 30.9 Å². The zero-order valence-electron chi connectivity index (χ0n) is 11.2. The normalized spacial score (nSPS) is 10.7. The van der Waals surface area contributed by atoms with Gasteiger partial charge in [-0.1, -0.05) is 6.92 Å². The van der Waals surface area contributed by atoms with Gasteiger partial charge in [0.15, 0.2) is 11.6 Å². The van der Waals surface area contributed by atoms with Crippen LogP contribution in [-0.4, -0.2) is 16.2 Å². The highest BCUT2D eigenvalue weighted by atomic mass is 19.1. The summed E-state index contributed by atoms with van der Waals surface area (Å²) in [5, 5.41) is 0. The van der Waals surface area contributed by atoms with Gasteiger partial charge in [-0.05, 0) is 13.3 Å². The van der Waals surface area contributed by atoms with Gasteiger partial charge >= 0.3 is 0 Å². The second-order valence-electron chi connectivity index (χ2n) is 4.24. The van der Waals surface area contributed by atoms with Gasteiger partial charge in [0.05, 0.1) is 18.0 Å². The van der Waals surface area contributed by atoms with Crippen LogP contribution in [0.5, 0.6) is 5.75 Å². The molecule has 0 fully saturated rings. The smallest absolute Gasteiger partial charge is 0.167 e. The fourth-order valence-corrected chi connectivity index (χ4v) is 2.00. The molecule has 19 heavy (non-hydrogen) atoms. The van der Waals surface area contributed by atoms with Crippen molar-refractivity contribution in [3.8, 4) is 11.4 Å². The second-order valence-corrected chi connectivity index (χ2v) is 4.24. The van der Waals surface area contributed by atoms with Crippen molar-refractivity contribution in [2.45, 2.75) is 26.7 Å².